The van der Waals surface area contributed by atoms with Gasteiger partial charge in [-0.2, -0.15) is 0 Å². The zero-order valence-corrected chi connectivity index (χ0v) is 8.65. The highest BCUT2D eigenvalue weighted by Gasteiger charge is 2.14. The zero-order chi connectivity index (χ0) is 12.3. The molecule has 0 saturated heterocycles. The number of carbonyl (C=O) groups excluding carboxylic acids is 1. The molecule has 0 atom stereocenters. The van der Waals surface area contributed by atoms with Gasteiger partial charge in [-0.05, 0) is 24.3 Å². The van der Waals surface area contributed by atoms with Crippen molar-refractivity contribution in [2.24, 2.45) is 0 Å². The first kappa shape index (κ1) is 11.2. The number of nitrogens with zero attached hydrogens (tertiary/aromatic N) is 1. The predicted molar refractivity (Wildman–Crippen MR) is 58.5 cm³/mol. The SMILES string of the molecule is O=C(Nc1ccncc1)c1cccc(F)c1F. The molecule has 0 spiro atoms. The molecule has 0 aliphatic rings. The third kappa shape index (κ3) is 2.44. The van der Waals surface area contributed by atoms with Crippen LogP contribution in [0.25, 0.3) is 0 Å². The molecule has 1 heterocycles. The Hall–Kier alpha value is -2.30. The second kappa shape index (κ2) is 4.69. The molecular weight excluding hydrogens is 226 g/mol. The number of hydrogen-bond donors (Lipinski definition) is 1. The van der Waals surface area contributed by atoms with E-state index in [4.69, 9.17) is 0 Å². The summed E-state index contributed by atoms with van der Waals surface area (Å²) in [5.74, 6) is -2.90. The fraction of sp³-hybridized carbons (Fsp3) is 0. The summed E-state index contributed by atoms with van der Waals surface area (Å²) in [7, 11) is 0. The monoisotopic (exact) mass is 234 g/mol. The summed E-state index contributed by atoms with van der Waals surface area (Å²) in [6.07, 6.45) is 2.97. The second-order valence-electron chi connectivity index (χ2n) is 3.29. The molecule has 1 amide bonds. The summed E-state index contributed by atoms with van der Waals surface area (Å²) in [6.45, 7) is 0. The van der Waals surface area contributed by atoms with E-state index in [-0.39, 0.29) is 5.56 Å². The fourth-order valence-corrected chi connectivity index (χ4v) is 1.31. The molecule has 86 valence electrons. The maximum atomic E-state index is 13.3. The third-order valence-electron chi connectivity index (χ3n) is 2.13. The van der Waals surface area contributed by atoms with Gasteiger partial charge in [-0.3, -0.25) is 9.78 Å². The van der Waals surface area contributed by atoms with Gasteiger partial charge in [-0.25, -0.2) is 8.78 Å². The second-order valence-corrected chi connectivity index (χ2v) is 3.29. The lowest BCUT2D eigenvalue weighted by atomic mass is 10.2. The first-order valence-electron chi connectivity index (χ1n) is 4.84. The highest BCUT2D eigenvalue weighted by Crippen LogP contribution is 2.13. The van der Waals surface area contributed by atoms with Crippen LogP contribution >= 0.6 is 0 Å². The number of hydrogen-bond acceptors (Lipinski definition) is 2. The molecule has 2 rings (SSSR count). The summed E-state index contributed by atoms with van der Waals surface area (Å²) in [5, 5.41) is 2.44. The molecular formula is C12H8F2N2O. The normalized spacial score (nSPS) is 10.0. The molecule has 3 nitrogen and oxygen atoms in total. The Morgan fingerprint density at radius 3 is 2.53 bits per heavy atom. The zero-order valence-electron chi connectivity index (χ0n) is 8.65. The number of rotatable bonds is 2. The van der Waals surface area contributed by atoms with Crippen LogP contribution in [0.4, 0.5) is 14.5 Å². The van der Waals surface area contributed by atoms with E-state index in [0.29, 0.717) is 5.69 Å². The van der Waals surface area contributed by atoms with Crippen LogP contribution in [0.2, 0.25) is 0 Å². The van der Waals surface area contributed by atoms with Crippen LogP contribution in [-0.4, -0.2) is 10.9 Å². The summed E-state index contributed by atoms with van der Waals surface area (Å²) in [6, 6.07) is 6.55. The van der Waals surface area contributed by atoms with Crippen molar-refractivity contribution in [2.75, 3.05) is 5.32 Å². The van der Waals surface area contributed by atoms with Gasteiger partial charge >= 0.3 is 0 Å². The van der Waals surface area contributed by atoms with Crippen molar-refractivity contribution in [3.05, 3.63) is 59.9 Å². The van der Waals surface area contributed by atoms with Crippen molar-refractivity contribution in [1.29, 1.82) is 0 Å². The van der Waals surface area contributed by atoms with Gasteiger partial charge in [0.25, 0.3) is 5.91 Å². The Labute approximate surface area is 96.1 Å². The Kier molecular flexibility index (Phi) is 3.09. The first-order valence-corrected chi connectivity index (χ1v) is 4.84. The molecule has 0 unspecified atom stereocenters. The molecule has 1 N–H and O–H groups in total. The highest BCUT2D eigenvalue weighted by molar-refractivity contribution is 6.04. The third-order valence-corrected chi connectivity index (χ3v) is 2.13. The minimum absolute atomic E-state index is 0.332. The Morgan fingerprint density at radius 1 is 1.12 bits per heavy atom. The number of anilines is 1. The van der Waals surface area contributed by atoms with Gasteiger partial charge in [-0.1, -0.05) is 6.07 Å². The molecule has 0 aliphatic heterocycles. The summed E-state index contributed by atoms with van der Waals surface area (Å²) in [4.78, 5) is 15.4. The Bertz CT molecular complexity index is 543. The maximum absolute atomic E-state index is 13.3. The van der Waals surface area contributed by atoms with Crippen LogP contribution in [0.1, 0.15) is 10.4 Å². The van der Waals surface area contributed by atoms with Crippen molar-refractivity contribution in [2.45, 2.75) is 0 Å². The van der Waals surface area contributed by atoms with Crippen LogP contribution < -0.4 is 5.32 Å². The standard InChI is InChI=1S/C12H8F2N2O/c13-10-3-1-2-9(11(10)14)12(17)16-8-4-6-15-7-5-8/h1-7H,(H,15,16,17). The number of aromatic nitrogens is 1. The van der Waals surface area contributed by atoms with Crippen molar-refractivity contribution < 1.29 is 13.6 Å². The van der Waals surface area contributed by atoms with Gasteiger partial charge in [0.1, 0.15) is 0 Å². The van der Waals surface area contributed by atoms with E-state index < -0.39 is 17.5 Å². The lowest BCUT2D eigenvalue weighted by Crippen LogP contribution is -2.14. The lowest BCUT2D eigenvalue weighted by Gasteiger charge is -2.05. The van der Waals surface area contributed by atoms with E-state index in [1.54, 1.807) is 12.1 Å². The van der Waals surface area contributed by atoms with Crippen molar-refractivity contribution in [1.82, 2.24) is 4.98 Å². The van der Waals surface area contributed by atoms with Gasteiger partial charge in [-0.15, -0.1) is 0 Å². The van der Waals surface area contributed by atoms with Crippen LogP contribution in [-0.2, 0) is 0 Å². The van der Waals surface area contributed by atoms with Crippen LogP contribution in [0.3, 0.4) is 0 Å². The number of carbonyl (C=O) groups is 1. The van der Waals surface area contributed by atoms with Crippen molar-refractivity contribution >= 4 is 11.6 Å². The number of benzene rings is 1. The predicted octanol–water partition coefficient (Wildman–Crippen LogP) is 2.61. The van der Waals surface area contributed by atoms with Gasteiger partial charge in [0.15, 0.2) is 11.6 Å². The molecule has 0 saturated carbocycles. The Balaban J connectivity index is 2.24. The molecule has 0 bridgehead atoms. The van der Waals surface area contributed by atoms with Gasteiger partial charge in [0, 0.05) is 18.1 Å². The topological polar surface area (TPSA) is 42.0 Å². The van der Waals surface area contributed by atoms with Gasteiger partial charge < -0.3 is 5.32 Å². The molecule has 0 aliphatic carbocycles. The van der Waals surface area contributed by atoms with E-state index in [2.05, 4.69) is 10.3 Å². The number of pyridine rings is 1. The van der Waals surface area contributed by atoms with E-state index in [1.165, 1.54) is 24.5 Å². The average Bonchev–Trinajstić information content (AvgIpc) is 2.34. The van der Waals surface area contributed by atoms with Gasteiger partial charge in [0.05, 0.1) is 5.56 Å². The maximum Gasteiger partial charge on any atom is 0.258 e. The number of amides is 1. The number of nitrogens with one attached hydrogen (secondary N) is 1. The summed E-state index contributed by atoms with van der Waals surface area (Å²) in [5.41, 5.74) is 0.135. The quantitative estimate of drug-likeness (QED) is 0.867. The molecule has 1 aromatic carbocycles. The summed E-state index contributed by atoms with van der Waals surface area (Å²) >= 11 is 0. The average molecular weight is 234 g/mol. The number of halogens is 2. The molecule has 17 heavy (non-hydrogen) atoms. The highest BCUT2D eigenvalue weighted by atomic mass is 19.2. The van der Waals surface area contributed by atoms with E-state index >= 15 is 0 Å². The molecule has 0 fully saturated rings. The first-order chi connectivity index (χ1) is 8.18. The van der Waals surface area contributed by atoms with Crippen LogP contribution in [0.5, 0.6) is 0 Å². The lowest BCUT2D eigenvalue weighted by molar-refractivity contribution is 0.102. The molecule has 1 aromatic heterocycles. The Morgan fingerprint density at radius 2 is 1.82 bits per heavy atom. The van der Waals surface area contributed by atoms with Crippen LogP contribution in [0, 0.1) is 11.6 Å². The van der Waals surface area contributed by atoms with E-state index in [0.717, 1.165) is 6.07 Å². The smallest absolute Gasteiger partial charge is 0.258 e. The summed E-state index contributed by atoms with van der Waals surface area (Å²) < 4.78 is 26.2. The van der Waals surface area contributed by atoms with Crippen molar-refractivity contribution in [3.8, 4) is 0 Å². The minimum atomic E-state index is -1.15. The molecule has 2 aromatic rings. The van der Waals surface area contributed by atoms with Gasteiger partial charge in [0.2, 0.25) is 0 Å². The molecule has 5 heteroatoms. The fourth-order valence-electron chi connectivity index (χ4n) is 1.31. The minimum Gasteiger partial charge on any atom is -0.322 e. The largest absolute Gasteiger partial charge is 0.322 e. The van der Waals surface area contributed by atoms with E-state index in [1.807, 2.05) is 0 Å². The van der Waals surface area contributed by atoms with E-state index in [9.17, 15) is 13.6 Å². The van der Waals surface area contributed by atoms with Crippen molar-refractivity contribution in [3.63, 3.8) is 0 Å². The molecule has 0 radical (unpaired) electrons. The van der Waals surface area contributed by atoms with Crippen LogP contribution in [0.15, 0.2) is 42.7 Å².